The van der Waals surface area contributed by atoms with Crippen molar-refractivity contribution in [2.24, 2.45) is 0 Å². The van der Waals surface area contributed by atoms with Gasteiger partial charge in [0.05, 0.1) is 28.2 Å². The molecule has 33 heavy (non-hydrogen) atoms. The molecule has 2 N–H and O–H groups in total. The molecule has 1 aromatic carbocycles. The highest BCUT2D eigenvalue weighted by molar-refractivity contribution is 7.90. The molecule has 1 aliphatic heterocycles. The summed E-state index contributed by atoms with van der Waals surface area (Å²) in [6, 6.07) is 6.32. The number of nitrogens with zero attached hydrogens (tertiary/aromatic N) is 3. The first kappa shape index (κ1) is 23.0. The Morgan fingerprint density at radius 1 is 1.18 bits per heavy atom. The molecule has 1 aliphatic rings. The Hall–Kier alpha value is -3.19. The highest BCUT2D eigenvalue weighted by Crippen LogP contribution is 2.31. The average molecular weight is 496 g/mol. The third-order valence-electron chi connectivity index (χ3n) is 4.91. The van der Waals surface area contributed by atoms with Gasteiger partial charge in [-0.3, -0.25) is 15.1 Å². The Morgan fingerprint density at radius 2 is 1.94 bits per heavy atom. The van der Waals surface area contributed by atoms with E-state index in [0.717, 1.165) is 21.4 Å². The molecule has 2 aromatic heterocycles. The van der Waals surface area contributed by atoms with Crippen molar-refractivity contribution in [3.8, 4) is 11.1 Å². The second-order valence-corrected chi connectivity index (χ2v) is 10.7. The topological polar surface area (TPSA) is 121 Å². The van der Waals surface area contributed by atoms with Crippen LogP contribution in [-0.2, 0) is 14.6 Å². The van der Waals surface area contributed by atoms with Crippen molar-refractivity contribution in [3.05, 3.63) is 36.7 Å². The summed E-state index contributed by atoms with van der Waals surface area (Å²) < 4.78 is 49.9. The van der Waals surface area contributed by atoms with Crippen LogP contribution < -0.4 is 10.6 Å². The number of fused-ring (bicyclic) bond motifs is 1. The first-order valence-electron chi connectivity index (χ1n) is 9.77. The number of halogens is 2. The summed E-state index contributed by atoms with van der Waals surface area (Å²) >= 11 is 1.22. The number of sulfone groups is 1. The number of anilines is 1. The number of hydrogen-bond acceptors (Lipinski definition) is 7. The summed E-state index contributed by atoms with van der Waals surface area (Å²) in [5.41, 5.74) is 2.01. The van der Waals surface area contributed by atoms with Gasteiger partial charge in [-0.1, -0.05) is 17.4 Å². The van der Waals surface area contributed by atoms with Crippen LogP contribution in [0.2, 0.25) is 0 Å². The second-order valence-electron chi connectivity index (χ2n) is 7.62. The fourth-order valence-corrected chi connectivity index (χ4v) is 4.70. The zero-order valence-electron chi connectivity index (χ0n) is 17.3. The lowest BCUT2D eigenvalue weighted by Crippen LogP contribution is -2.58. The summed E-state index contributed by atoms with van der Waals surface area (Å²) in [5, 5.41) is 5.42. The summed E-state index contributed by atoms with van der Waals surface area (Å²) in [6.07, 6.45) is 3.89. The van der Waals surface area contributed by atoms with Crippen molar-refractivity contribution in [2.45, 2.75) is 17.2 Å². The quantitative estimate of drug-likeness (QED) is 0.542. The van der Waals surface area contributed by atoms with Gasteiger partial charge < -0.3 is 10.2 Å². The van der Waals surface area contributed by atoms with Crippen molar-refractivity contribution >= 4 is 48.5 Å². The lowest BCUT2D eigenvalue weighted by molar-refractivity contribution is -0.165. The number of rotatable bonds is 6. The molecule has 4 rings (SSSR count). The van der Waals surface area contributed by atoms with Crippen LogP contribution in [0, 0.1) is 0 Å². The van der Waals surface area contributed by atoms with Crippen LogP contribution in [0.5, 0.6) is 0 Å². The van der Waals surface area contributed by atoms with Gasteiger partial charge in [-0.25, -0.2) is 27.0 Å². The molecule has 9 nitrogen and oxygen atoms in total. The van der Waals surface area contributed by atoms with Crippen LogP contribution in [0.1, 0.15) is 6.42 Å². The predicted molar refractivity (Wildman–Crippen MR) is 119 cm³/mol. The predicted octanol–water partition coefficient (Wildman–Crippen LogP) is 2.75. The SMILES string of the molecule is CS(=O)(=O)c1cncc(-c2ccc3nc(NC(=O)NCCC(=O)N4CC(F)(F)C4)sc3c2)c1. The fourth-order valence-electron chi connectivity index (χ4n) is 3.21. The zero-order valence-corrected chi connectivity index (χ0v) is 19.0. The number of likely N-dealkylation sites (tertiary alicyclic amines) is 1. The van der Waals surface area contributed by atoms with Crippen molar-refractivity contribution < 1.29 is 26.8 Å². The lowest BCUT2D eigenvalue weighted by atomic mass is 10.1. The van der Waals surface area contributed by atoms with Gasteiger partial charge in [0.1, 0.15) is 0 Å². The number of hydrogen-bond donors (Lipinski definition) is 2. The normalized spacial score (nSPS) is 15.2. The minimum Gasteiger partial charge on any atom is -0.337 e. The summed E-state index contributed by atoms with van der Waals surface area (Å²) in [6.45, 7) is -1.16. The van der Waals surface area contributed by atoms with Crippen LogP contribution in [0.4, 0.5) is 18.7 Å². The Balaban J connectivity index is 1.37. The van der Waals surface area contributed by atoms with Gasteiger partial charge in [0, 0.05) is 37.2 Å². The van der Waals surface area contributed by atoms with Crippen LogP contribution in [0.15, 0.2) is 41.6 Å². The number of carbonyl (C=O) groups excluding carboxylic acids is 2. The van der Waals surface area contributed by atoms with Gasteiger partial charge in [-0.15, -0.1) is 0 Å². The molecule has 3 amide bonds. The summed E-state index contributed by atoms with van der Waals surface area (Å²) in [5.74, 6) is -3.26. The van der Waals surface area contributed by atoms with E-state index in [1.54, 1.807) is 24.4 Å². The van der Waals surface area contributed by atoms with Crippen LogP contribution in [-0.4, -0.2) is 67.0 Å². The smallest absolute Gasteiger partial charge is 0.321 e. The number of alkyl halides is 2. The van der Waals surface area contributed by atoms with Crippen molar-refractivity contribution in [1.82, 2.24) is 20.2 Å². The maximum atomic E-state index is 12.8. The number of thiazole rings is 1. The first-order chi connectivity index (χ1) is 15.5. The highest BCUT2D eigenvalue weighted by atomic mass is 32.2. The van der Waals surface area contributed by atoms with E-state index in [0.29, 0.717) is 16.2 Å². The van der Waals surface area contributed by atoms with Gasteiger partial charge in [0.25, 0.3) is 5.92 Å². The maximum absolute atomic E-state index is 12.8. The Labute approximate surface area is 191 Å². The number of pyridine rings is 1. The van der Waals surface area contributed by atoms with Crippen molar-refractivity contribution in [3.63, 3.8) is 0 Å². The van der Waals surface area contributed by atoms with E-state index in [-0.39, 0.29) is 17.9 Å². The first-order valence-corrected chi connectivity index (χ1v) is 12.5. The molecular formula is C20H19F2N5O4S2. The molecule has 13 heteroatoms. The number of aromatic nitrogens is 2. The molecule has 0 saturated carbocycles. The molecule has 174 valence electrons. The van der Waals surface area contributed by atoms with E-state index in [2.05, 4.69) is 20.6 Å². The van der Waals surface area contributed by atoms with E-state index in [1.165, 1.54) is 17.5 Å². The van der Waals surface area contributed by atoms with Gasteiger partial charge in [-0.05, 0) is 23.8 Å². The van der Waals surface area contributed by atoms with Crippen LogP contribution >= 0.6 is 11.3 Å². The molecule has 0 bridgehead atoms. The van der Waals surface area contributed by atoms with E-state index in [4.69, 9.17) is 0 Å². The summed E-state index contributed by atoms with van der Waals surface area (Å²) in [4.78, 5) is 33.3. The van der Waals surface area contributed by atoms with E-state index < -0.39 is 40.8 Å². The minimum absolute atomic E-state index is 0.00541. The number of amides is 3. The average Bonchev–Trinajstić information content (AvgIpc) is 3.12. The molecule has 3 aromatic rings. The van der Waals surface area contributed by atoms with Gasteiger partial charge in [0.15, 0.2) is 15.0 Å². The molecule has 0 unspecified atom stereocenters. The fraction of sp³-hybridized carbons (Fsp3) is 0.300. The Morgan fingerprint density at radius 3 is 2.64 bits per heavy atom. The van der Waals surface area contributed by atoms with E-state index in [1.807, 2.05) is 6.07 Å². The monoisotopic (exact) mass is 495 g/mol. The number of nitrogens with one attached hydrogen (secondary N) is 2. The third-order valence-corrected chi connectivity index (χ3v) is 6.92. The molecular weight excluding hydrogens is 476 g/mol. The number of urea groups is 1. The largest absolute Gasteiger partial charge is 0.337 e. The van der Waals surface area contributed by atoms with E-state index >= 15 is 0 Å². The second kappa shape index (κ2) is 8.63. The van der Waals surface area contributed by atoms with Gasteiger partial charge >= 0.3 is 6.03 Å². The highest BCUT2D eigenvalue weighted by Gasteiger charge is 2.45. The van der Waals surface area contributed by atoms with E-state index in [9.17, 15) is 26.8 Å². The third kappa shape index (κ3) is 5.42. The number of benzene rings is 1. The molecule has 0 radical (unpaired) electrons. The van der Waals surface area contributed by atoms with Crippen LogP contribution in [0.3, 0.4) is 0 Å². The van der Waals surface area contributed by atoms with Crippen molar-refractivity contribution in [2.75, 3.05) is 31.2 Å². The number of carbonyl (C=O) groups is 2. The Bertz CT molecular complexity index is 1340. The summed E-state index contributed by atoms with van der Waals surface area (Å²) in [7, 11) is -3.39. The molecule has 0 atom stereocenters. The molecule has 0 aliphatic carbocycles. The van der Waals surface area contributed by atoms with Crippen LogP contribution in [0.25, 0.3) is 21.3 Å². The molecule has 1 saturated heterocycles. The van der Waals surface area contributed by atoms with Gasteiger partial charge in [-0.2, -0.15) is 0 Å². The van der Waals surface area contributed by atoms with Crippen molar-refractivity contribution in [1.29, 1.82) is 0 Å². The molecule has 3 heterocycles. The van der Waals surface area contributed by atoms with Gasteiger partial charge in [0.2, 0.25) is 5.91 Å². The maximum Gasteiger partial charge on any atom is 0.321 e. The Kier molecular flexibility index (Phi) is 6.01. The lowest BCUT2D eigenvalue weighted by Gasteiger charge is -2.38. The molecule has 1 fully saturated rings. The molecule has 0 spiro atoms. The standard InChI is InChI=1S/C20H19F2N5O4S2/c1-33(30,31)14-6-13(8-23-9-14)12-2-3-15-16(7-12)32-19(25-15)26-18(29)24-5-4-17(28)27-10-20(21,22)11-27/h2-3,6-9H,4-5,10-11H2,1H3,(H2,24,25,26,29). The minimum atomic E-state index is -3.39. The zero-order chi connectivity index (χ0) is 23.8.